The number of anilines is 2. The van der Waals surface area contributed by atoms with Crippen LogP contribution in [0.4, 0.5) is 11.4 Å². The fraction of sp³-hybridized carbons (Fsp3) is 0.350. The van der Waals surface area contributed by atoms with Crippen molar-refractivity contribution in [3.63, 3.8) is 0 Å². The van der Waals surface area contributed by atoms with E-state index in [4.69, 9.17) is 4.74 Å². The van der Waals surface area contributed by atoms with Gasteiger partial charge in [0.1, 0.15) is 5.69 Å². The van der Waals surface area contributed by atoms with Gasteiger partial charge in [-0.25, -0.2) is 4.79 Å². The molecule has 2 amide bonds. The van der Waals surface area contributed by atoms with E-state index in [2.05, 4.69) is 15.6 Å². The van der Waals surface area contributed by atoms with Crippen molar-refractivity contribution in [2.45, 2.75) is 47.6 Å². The summed E-state index contributed by atoms with van der Waals surface area (Å²) in [5.41, 5.74) is 3.72. The van der Waals surface area contributed by atoms with Gasteiger partial charge >= 0.3 is 5.97 Å². The minimum absolute atomic E-state index is 0.189. The molecule has 0 unspecified atom stereocenters. The van der Waals surface area contributed by atoms with E-state index >= 15 is 0 Å². The Balaban J connectivity index is 2.30. The molecule has 0 spiro atoms. The Morgan fingerprint density at radius 2 is 1.59 bits per heavy atom. The first kappa shape index (κ1) is 20.2. The van der Waals surface area contributed by atoms with Crippen LogP contribution in [-0.2, 0) is 9.53 Å². The smallest absolute Gasteiger partial charge is 0.340 e. The van der Waals surface area contributed by atoms with Gasteiger partial charge in [-0.2, -0.15) is 0 Å². The number of carbonyl (C=O) groups excluding carboxylic acids is 3. The van der Waals surface area contributed by atoms with E-state index in [1.165, 1.54) is 6.92 Å². The molecule has 1 aromatic heterocycles. The monoisotopic (exact) mass is 371 g/mol. The molecular formula is C20H25N3O4. The fourth-order valence-corrected chi connectivity index (χ4v) is 2.84. The predicted octanol–water partition coefficient (Wildman–Crippen LogP) is 3.72. The molecule has 144 valence electrons. The number of carbonyl (C=O) groups is 3. The third-order valence-electron chi connectivity index (χ3n) is 4.10. The Labute approximate surface area is 158 Å². The number of rotatable bonds is 5. The quantitative estimate of drug-likeness (QED) is 0.697. The molecule has 0 radical (unpaired) electrons. The van der Waals surface area contributed by atoms with Gasteiger partial charge in [0.25, 0.3) is 5.91 Å². The molecule has 0 aliphatic heterocycles. The number of nitrogens with one attached hydrogen (secondary N) is 3. The van der Waals surface area contributed by atoms with Crippen LogP contribution in [0.1, 0.15) is 58.4 Å². The number of benzene rings is 1. The summed E-state index contributed by atoms with van der Waals surface area (Å²) in [7, 11) is 0. The van der Waals surface area contributed by atoms with Crippen molar-refractivity contribution >= 4 is 29.2 Å². The summed E-state index contributed by atoms with van der Waals surface area (Å²) in [5.74, 6) is -1.02. The summed E-state index contributed by atoms with van der Waals surface area (Å²) in [6.45, 7) is 10.2. The lowest BCUT2D eigenvalue weighted by atomic mass is 10.1. The largest absolute Gasteiger partial charge is 0.459 e. The summed E-state index contributed by atoms with van der Waals surface area (Å²) in [6.07, 6.45) is -0.248. The van der Waals surface area contributed by atoms with Crippen molar-refractivity contribution in [3.05, 3.63) is 46.3 Å². The second-order valence-corrected chi connectivity index (χ2v) is 6.69. The van der Waals surface area contributed by atoms with E-state index in [0.717, 1.165) is 5.56 Å². The second-order valence-electron chi connectivity index (χ2n) is 6.69. The highest BCUT2D eigenvalue weighted by Gasteiger charge is 2.24. The maximum atomic E-state index is 12.7. The highest BCUT2D eigenvalue weighted by molar-refractivity contribution is 6.07. The molecule has 1 heterocycles. The Morgan fingerprint density at radius 3 is 2.15 bits per heavy atom. The zero-order chi connectivity index (χ0) is 20.3. The number of aromatic amines is 1. The number of aryl methyl sites for hydroxylation is 1. The van der Waals surface area contributed by atoms with Crippen molar-refractivity contribution in [1.29, 1.82) is 0 Å². The Kier molecular flexibility index (Phi) is 6.05. The van der Waals surface area contributed by atoms with Gasteiger partial charge in [-0.1, -0.05) is 6.07 Å². The normalized spacial score (nSPS) is 10.6. The first-order chi connectivity index (χ1) is 12.6. The van der Waals surface area contributed by atoms with Gasteiger partial charge in [0.2, 0.25) is 5.91 Å². The van der Waals surface area contributed by atoms with Gasteiger partial charge in [-0.05, 0) is 57.9 Å². The summed E-state index contributed by atoms with van der Waals surface area (Å²) in [5, 5.41) is 5.55. The van der Waals surface area contributed by atoms with Crippen LogP contribution in [0.5, 0.6) is 0 Å². The standard InChI is InChI=1S/C20H25N3O4/c1-10(2)27-20(26)17-12(4)18(21-13(17)5)19(25)23-16-9-7-8-15(11(16)3)22-14(6)24/h7-10,21H,1-6H3,(H,22,24)(H,23,25). The average molecular weight is 371 g/mol. The topological polar surface area (TPSA) is 100 Å². The molecule has 0 atom stereocenters. The van der Waals surface area contributed by atoms with Crippen molar-refractivity contribution < 1.29 is 19.1 Å². The lowest BCUT2D eigenvalue weighted by molar-refractivity contribution is -0.114. The number of ether oxygens (including phenoxy) is 1. The Hall–Kier alpha value is -3.09. The zero-order valence-corrected chi connectivity index (χ0v) is 16.4. The second kappa shape index (κ2) is 8.07. The van der Waals surface area contributed by atoms with E-state index < -0.39 is 5.97 Å². The summed E-state index contributed by atoms with van der Waals surface area (Å²) >= 11 is 0. The highest BCUT2D eigenvalue weighted by Crippen LogP contribution is 2.25. The molecule has 0 aliphatic rings. The Bertz CT molecular complexity index is 897. The lowest BCUT2D eigenvalue weighted by Gasteiger charge is -2.12. The number of H-pyrrole nitrogens is 1. The first-order valence-corrected chi connectivity index (χ1v) is 8.70. The van der Waals surface area contributed by atoms with E-state index in [1.54, 1.807) is 52.8 Å². The average Bonchev–Trinajstić information content (AvgIpc) is 2.85. The third kappa shape index (κ3) is 4.55. The maximum Gasteiger partial charge on any atom is 0.340 e. The number of amides is 2. The number of hydrogen-bond acceptors (Lipinski definition) is 4. The minimum Gasteiger partial charge on any atom is -0.459 e. The number of esters is 1. The van der Waals surface area contributed by atoms with Gasteiger partial charge in [0.05, 0.1) is 11.7 Å². The molecule has 1 aromatic carbocycles. The van der Waals surface area contributed by atoms with Gasteiger partial charge in [-0.15, -0.1) is 0 Å². The molecule has 27 heavy (non-hydrogen) atoms. The third-order valence-corrected chi connectivity index (χ3v) is 4.10. The van der Waals surface area contributed by atoms with E-state index in [-0.39, 0.29) is 17.9 Å². The van der Waals surface area contributed by atoms with Crippen LogP contribution in [0.25, 0.3) is 0 Å². The lowest BCUT2D eigenvalue weighted by Crippen LogP contribution is -2.16. The summed E-state index contributed by atoms with van der Waals surface area (Å²) in [6, 6.07) is 5.25. The van der Waals surface area contributed by atoms with Gasteiger partial charge in [0, 0.05) is 24.0 Å². The molecule has 0 saturated carbocycles. The van der Waals surface area contributed by atoms with Crippen LogP contribution in [0.15, 0.2) is 18.2 Å². The highest BCUT2D eigenvalue weighted by atomic mass is 16.5. The molecule has 0 fully saturated rings. The molecule has 2 rings (SSSR count). The Morgan fingerprint density at radius 1 is 1.00 bits per heavy atom. The molecule has 3 N–H and O–H groups in total. The molecule has 2 aromatic rings. The molecule has 7 nitrogen and oxygen atoms in total. The van der Waals surface area contributed by atoms with Crippen molar-refractivity contribution in [1.82, 2.24) is 4.98 Å². The van der Waals surface area contributed by atoms with Crippen molar-refractivity contribution in [2.24, 2.45) is 0 Å². The van der Waals surface area contributed by atoms with Crippen LogP contribution < -0.4 is 10.6 Å². The van der Waals surface area contributed by atoms with Gasteiger partial charge in [0.15, 0.2) is 0 Å². The van der Waals surface area contributed by atoms with Crippen LogP contribution in [-0.4, -0.2) is 28.9 Å². The minimum atomic E-state index is -0.459. The molecule has 0 saturated heterocycles. The SMILES string of the molecule is CC(=O)Nc1cccc(NC(=O)c2[nH]c(C)c(C(=O)OC(C)C)c2C)c1C. The van der Waals surface area contributed by atoms with E-state index in [0.29, 0.717) is 33.9 Å². The molecule has 7 heteroatoms. The fourth-order valence-electron chi connectivity index (χ4n) is 2.84. The van der Waals surface area contributed by atoms with E-state index in [9.17, 15) is 14.4 Å². The van der Waals surface area contributed by atoms with E-state index in [1.807, 2.05) is 0 Å². The van der Waals surface area contributed by atoms with Gasteiger partial charge < -0.3 is 20.4 Å². The van der Waals surface area contributed by atoms with Gasteiger partial charge in [-0.3, -0.25) is 9.59 Å². The summed E-state index contributed by atoms with van der Waals surface area (Å²) in [4.78, 5) is 39.3. The van der Waals surface area contributed by atoms with Crippen LogP contribution >= 0.6 is 0 Å². The van der Waals surface area contributed by atoms with Crippen molar-refractivity contribution in [2.75, 3.05) is 10.6 Å². The first-order valence-electron chi connectivity index (χ1n) is 8.70. The number of aromatic nitrogens is 1. The van der Waals surface area contributed by atoms with Crippen LogP contribution in [0.3, 0.4) is 0 Å². The van der Waals surface area contributed by atoms with Crippen LogP contribution in [0.2, 0.25) is 0 Å². The zero-order valence-electron chi connectivity index (χ0n) is 16.4. The molecule has 0 bridgehead atoms. The molecule has 0 aliphatic carbocycles. The maximum absolute atomic E-state index is 12.7. The predicted molar refractivity (Wildman–Crippen MR) is 104 cm³/mol. The molecular weight excluding hydrogens is 346 g/mol. The number of hydrogen-bond donors (Lipinski definition) is 3. The van der Waals surface area contributed by atoms with Crippen LogP contribution in [0, 0.1) is 20.8 Å². The summed E-state index contributed by atoms with van der Waals surface area (Å²) < 4.78 is 5.25. The van der Waals surface area contributed by atoms with Crippen molar-refractivity contribution in [3.8, 4) is 0 Å².